The lowest BCUT2D eigenvalue weighted by molar-refractivity contribution is -0.143. The van der Waals surface area contributed by atoms with Crippen LogP contribution in [0.2, 0.25) is 0 Å². The van der Waals surface area contributed by atoms with E-state index in [4.69, 9.17) is 0 Å². The second-order valence-corrected chi connectivity index (χ2v) is 5.50. The molecule has 0 radical (unpaired) electrons. The molecule has 1 saturated heterocycles. The molecule has 0 bridgehead atoms. The van der Waals surface area contributed by atoms with Gasteiger partial charge in [0.25, 0.3) is 0 Å². The highest BCUT2D eigenvalue weighted by Gasteiger charge is 2.34. The van der Waals surface area contributed by atoms with E-state index in [0.29, 0.717) is 19.6 Å². The minimum absolute atomic E-state index is 0.217. The molecular weight excluding hydrogens is 281 g/mol. The van der Waals surface area contributed by atoms with E-state index >= 15 is 0 Å². The van der Waals surface area contributed by atoms with Crippen LogP contribution in [0, 0.1) is 5.92 Å². The Morgan fingerprint density at radius 1 is 1.29 bits per heavy atom. The first-order valence-electron chi connectivity index (χ1n) is 7.76. The van der Waals surface area contributed by atoms with Gasteiger partial charge in [-0.2, -0.15) is 13.2 Å². The molecule has 0 aromatic carbocycles. The van der Waals surface area contributed by atoms with Crippen LogP contribution < -0.4 is 10.6 Å². The lowest BCUT2D eigenvalue weighted by Crippen LogP contribution is -2.38. The molecule has 1 unspecified atom stereocenters. The maximum atomic E-state index is 12.3. The van der Waals surface area contributed by atoms with Gasteiger partial charge in [-0.1, -0.05) is 13.3 Å². The molecule has 21 heavy (non-hydrogen) atoms. The van der Waals surface area contributed by atoms with Gasteiger partial charge in [0.05, 0.1) is 6.54 Å². The van der Waals surface area contributed by atoms with E-state index in [1.165, 1.54) is 4.90 Å². The monoisotopic (exact) mass is 308 g/mol. The number of nitrogens with one attached hydrogen (secondary N) is 2. The quantitative estimate of drug-likeness (QED) is 0.430. The van der Waals surface area contributed by atoms with Gasteiger partial charge in [-0.3, -0.25) is 9.89 Å². The summed E-state index contributed by atoms with van der Waals surface area (Å²) in [5, 5.41) is 6.40. The molecule has 0 aromatic rings. The average molecular weight is 308 g/mol. The van der Waals surface area contributed by atoms with Gasteiger partial charge in [-0.05, 0) is 32.2 Å². The molecular formula is C14H27F3N4. The van der Waals surface area contributed by atoms with Crippen molar-refractivity contribution in [1.29, 1.82) is 0 Å². The van der Waals surface area contributed by atoms with Crippen molar-refractivity contribution in [3.63, 3.8) is 0 Å². The summed E-state index contributed by atoms with van der Waals surface area (Å²) >= 11 is 0. The maximum absolute atomic E-state index is 12.3. The first-order chi connectivity index (χ1) is 9.94. The number of alkyl halides is 3. The van der Waals surface area contributed by atoms with Gasteiger partial charge in [-0.15, -0.1) is 0 Å². The smallest absolute Gasteiger partial charge is 0.357 e. The molecule has 0 aromatic heterocycles. The summed E-state index contributed by atoms with van der Waals surface area (Å²) in [5.41, 5.74) is 0. The van der Waals surface area contributed by atoms with Crippen LogP contribution in [0.25, 0.3) is 0 Å². The van der Waals surface area contributed by atoms with Crippen LogP contribution >= 0.6 is 0 Å². The second-order valence-electron chi connectivity index (χ2n) is 5.50. The number of rotatable bonds is 7. The predicted octanol–water partition coefficient (Wildman–Crippen LogP) is 2.23. The Balaban J connectivity index is 2.35. The fourth-order valence-electron chi connectivity index (χ4n) is 2.40. The molecule has 124 valence electrons. The van der Waals surface area contributed by atoms with Gasteiger partial charge in [0.15, 0.2) is 5.96 Å². The standard InChI is InChI=1S/C14H27F3N4/c1-3-5-7-19-13(18-4-2)20-9-12-6-8-21(10-12)11-14(15,16)17/h12H,3-11H2,1-2H3,(H2,18,19,20). The molecule has 4 nitrogen and oxygen atoms in total. The summed E-state index contributed by atoms with van der Waals surface area (Å²) in [5.74, 6) is 0.981. The third-order valence-electron chi connectivity index (χ3n) is 3.45. The third-order valence-corrected chi connectivity index (χ3v) is 3.45. The molecule has 0 amide bonds. The van der Waals surface area contributed by atoms with E-state index in [2.05, 4.69) is 22.5 Å². The molecule has 1 aliphatic rings. The Hall–Kier alpha value is -0.980. The second kappa shape index (κ2) is 9.12. The zero-order chi connectivity index (χ0) is 15.7. The number of unbranched alkanes of at least 4 members (excludes halogenated alkanes) is 1. The number of hydrogen-bond acceptors (Lipinski definition) is 2. The van der Waals surface area contributed by atoms with E-state index < -0.39 is 12.7 Å². The maximum Gasteiger partial charge on any atom is 0.401 e. The Morgan fingerprint density at radius 3 is 2.67 bits per heavy atom. The van der Waals surface area contributed by atoms with E-state index in [-0.39, 0.29) is 5.92 Å². The topological polar surface area (TPSA) is 39.7 Å². The highest BCUT2D eigenvalue weighted by atomic mass is 19.4. The fourth-order valence-corrected chi connectivity index (χ4v) is 2.40. The molecule has 2 N–H and O–H groups in total. The highest BCUT2D eigenvalue weighted by molar-refractivity contribution is 5.79. The zero-order valence-electron chi connectivity index (χ0n) is 13.0. The van der Waals surface area contributed by atoms with Crippen molar-refractivity contribution in [1.82, 2.24) is 15.5 Å². The molecule has 1 heterocycles. The summed E-state index contributed by atoms with van der Waals surface area (Å²) in [4.78, 5) is 5.95. The normalized spacial score (nSPS) is 20.8. The van der Waals surface area contributed by atoms with Crippen LogP contribution in [-0.4, -0.2) is 56.3 Å². The number of likely N-dealkylation sites (tertiary alicyclic amines) is 1. The molecule has 1 rings (SSSR count). The van der Waals surface area contributed by atoms with Gasteiger partial charge in [0.1, 0.15) is 0 Å². The molecule has 0 saturated carbocycles. The molecule has 0 aliphatic carbocycles. The van der Waals surface area contributed by atoms with Crippen molar-refractivity contribution in [2.75, 3.05) is 39.3 Å². The van der Waals surface area contributed by atoms with E-state index in [0.717, 1.165) is 38.3 Å². The summed E-state index contributed by atoms with van der Waals surface area (Å²) in [7, 11) is 0. The Kier molecular flexibility index (Phi) is 7.85. The first-order valence-corrected chi connectivity index (χ1v) is 7.76. The summed E-state index contributed by atoms with van der Waals surface area (Å²) in [6.45, 7) is 6.54. The van der Waals surface area contributed by atoms with Crippen LogP contribution in [0.4, 0.5) is 13.2 Å². The van der Waals surface area contributed by atoms with Crippen LogP contribution in [0.3, 0.4) is 0 Å². The lowest BCUT2D eigenvalue weighted by atomic mass is 10.1. The van der Waals surface area contributed by atoms with Gasteiger partial charge < -0.3 is 10.6 Å². The van der Waals surface area contributed by atoms with Crippen LogP contribution in [-0.2, 0) is 0 Å². The van der Waals surface area contributed by atoms with Crippen molar-refractivity contribution < 1.29 is 13.2 Å². The van der Waals surface area contributed by atoms with Crippen molar-refractivity contribution in [3.8, 4) is 0 Å². The number of halogens is 3. The Bertz CT molecular complexity index is 318. The van der Waals surface area contributed by atoms with Gasteiger partial charge in [-0.25, -0.2) is 0 Å². The van der Waals surface area contributed by atoms with E-state index in [1.807, 2.05) is 6.92 Å². The Morgan fingerprint density at radius 2 is 2.05 bits per heavy atom. The third kappa shape index (κ3) is 8.14. The van der Waals surface area contributed by atoms with Gasteiger partial charge in [0.2, 0.25) is 0 Å². The summed E-state index contributed by atoms with van der Waals surface area (Å²) in [6, 6.07) is 0. The number of hydrogen-bond donors (Lipinski definition) is 2. The SMILES string of the molecule is CCCCNC(=NCC1CCN(CC(F)(F)F)C1)NCC. The lowest BCUT2D eigenvalue weighted by Gasteiger charge is -2.17. The number of nitrogens with zero attached hydrogens (tertiary/aromatic N) is 2. The molecule has 0 spiro atoms. The van der Waals surface area contributed by atoms with E-state index in [9.17, 15) is 13.2 Å². The molecule has 1 atom stereocenters. The largest absolute Gasteiger partial charge is 0.401 e. The Labute approximate surface area is 125 Å². The van der Waals surface area contributed by atoms with Crippen molar-refractivity contribution in [3.05, 3.63) is 0 Å². The molecule has 7 heteroatoms. The van der Waals surface area contributed by atoms with Gasteiger partial charge in [0, 0.05) is 26.2 Å². The summed E-state index contributed by atoms with van der Waals surface area (Å²) in [6.07, 6.45) is -1.13. The van der Waals surface area contributed by atoms with Crippen LogP contribution in [0.5, 0.6) is 0 Å². The average Bonchev–Trinajstić information content (AvgIpc) is 2.81. The first kappa shape index (κ1) is 18.1. The van der Waals surface area contributed by atoms with Crippen molar-refractivity contribution in [2.45, 2.75) is 39.3 Å². The fraction of sp³-hybridized carbons (Fsp3) is 0.929. The van der Waals surface area contributed by atoms with Gasteiger partial charge >= 0.3 is 6.18 Å². The number of guanidine groups is 1. The predicted molar refractivity (Wildman–Crippen MR) is 79.5 cm³/mol. The van der Waals surface area contributed by atoms with Crippen molar-refractivity contribution in [2.24, 2.45) is 10.9 Å². The van der Waals surface area contributed by atoms with Crippen LogP contribution in [0.15, 0.2) is 4.99 Å². The summed E-state index contributed by atoms with van der Waals surface area (Å²) < 4.78 is 37.0. The molecule has 1 aliphatic heterocycles. The minimum atomic E-state index is -4.10. The molecule has 1 fully saturated rings. The zero-order valence-corrected chi connectivity index (χ0v) is 13.0. The minimum Gasteiger partial charge on any atom is -0.357 e. The van der Waals surface area contributed by atoms with E-state index in [1.54, 1.807) is 0 Å². The number of aliphatic imine (C=N–C) groups is 1. The van der Waals surface area contributed by atoms with Crippen LogP contribution in [0.1, 0.15) is 33.1 Å². The highest BCUT2D eigenvalue weighted by Crippen LogP contribution is 2.22. The van der Waals surface area contributed by atoms with Crippen molar-refractivity contribution >= 4 is 5.96 Å².